The highest BCUT2D eigenvalue weighted by Gasteiger charge is 2.44. The van der Waals surface area contributed by atoms with E-state index in [0.29, 0.717) is 54.0 Å². The molecule has 1 unspecified atom stereocenters. The van der Waals surface area contributed by atoms with Crippen LogP contribution in [-0.4, -0.2) is 84.7 Å². The van der Waals surface area contributed by atoms with Gasteiger partial charge in [-0.25, -0.2) is 4.98 Å². The SMILES string of the molecule is O=C(NCCCCCCNC(=O)C1C[C@H]2C=C[C@@H]1C2)c1ccc(CNc2nc(Cl)nc3c2ncn3[C@@H]2O[C@H](CO)[C@@H](O)[C@H]2O)cc1. The first kappa shape index (κ1) is 32.3. The fourth-order valence-electron chi connectivity index (χ4n) is 6.60. The van der Waals surface area contributed by atoms with Crippen molar-refractivity contribution in [2.24, 2.45) is 17.8 Å². The van der Waals surface area contributed by atoms with E-state index >= 15 is 0 Å². The third-order valence-corrected chi connectivity index (χ3v) is 9.33. The molecule has 3 aromatic rings. The van der Waals surface area contributed by atoms with Crippen LogP contribution in [0.1, 0.15) is 60.7 Å². The molecule has 1 aliphatic heterocycles. The zero-order chi connectivity index (χ0) is 32.2. The van der Waals surface area contributed by atoms with Gasteiger partial charge in [-0.2, -0.15) is 9.97 Å². The number of nitrogens with one attached hydrogen (secondary N) is 3. The molecule has 2 amide bonds. The van der Waals surface area contributed by atoms with Gasteiger partial charge in [-0.05, 0) is 66.8 Å². The van der Waals surface area contributed by atoms with E-state index < -0.39 is 31.1 Å². The van der Waals surface area contributed by atoms with Crippen molar-refractivity contribution in [2.45, 2.75) is 69.6 Å². The van der Waals surface area contributed by atoms with Gasteiger partial charge in [0, 0.05) is 31.1 Å². The lowest BCUT2D eigenvalue weighted by Crippen LogP contribution is -2.33. The minimum Gasteiger partial charge on any atom is -0.394 e. The van der Waals surface area contributed by atoms with Gasteiger partial charge in [0.25, 0.3) is 5.91 Å². The lowest BCUT2D eigenvalue weighted by Gasteiger charge is -2.17. The van der Waals surface area contributed by atoms with Crippen LogP contribution < -0.4 is 16.0 Å². The number of allylic oxidation sites excluding steroid dienone is 2. The number of carbonyl (C=O) groups excluding carboxylic acids is 2. The van der Waals surface area contributed by atoms with E-state index in [1.807, 2.05) is 12.1 Å². The van der Waals surface area contributed by atoms with Crippen LogP contribution in [0.15, 0.2) is 42.7 Å². The van der Waals surface area contributed by atoms with E-state index in [4.69, 9.17) is 16.3 Å². The summed E-state index contributed by atoms with van der Waals surface area (Å²) in [5.41, 5.74) is 2.13. The summed E-state index contributed by atoms with van der Waals surface area (Å²) in [5.74, 6) is 1.62. The van der Waals surface area contributed by atoms with Crippen molar-refractivity contribution in [1.82, 2.24) is 30.2 Å². The topological polar surface area (TPSA) is 184 Å². The second-order valence-corrected chi connectivity index (χ2v) is 12.6. The summed E-state index contributed by atoms with van der Waals surface area (Å²) in [4.78, 5) is 37.9. The Kier molecular flexibility index (Phi) is 10.1. The van der Waals surface area contributed by atoms with Gasteiger partial charge < -0.3 is 36.0 Å². The smallest absolute Gasteiger partial charge is 0.251 e. The van der Waals surface area contributed by atoms with Crippen molar-refractivity contribution in [3.8, 4) is 0 Å². The highest BCUT2D eigenvalue weighted by molar-refractivity contribution is 6.28. The van der Waals surface area contributed by atoms with Gasteiger partial charge in [-0.15, -0.1) is 0 Å². The third kappa shape index (κ3) is 7.03. The number of anilines is 1. The molecule has 6 rings (SSSR count). The van der Waals surface area contributed by atoms with Gasteiger partial charge in [-0.3, -0.25) is 14.2 Å². The van der Waals surface area contributed by atoms with Crippen LogP contribution in [0.3, 0.4) is 0 Å². The first-order chi connectivity index (χ1) is 22.3. The molecule has 46 heavy (non-hydrogen) atoms. The molecule has 3 aliphatic rings. The Morgan fingerprint density at radius 2 is 1.74 bits per heavy atom. The largest absolute Gasteiger partial charge is 0.394 e. The van der Waals surface area contributed by atoms with Gasteiger partial charge in [0.2, 0.25) is 11.2 Å². The molecule has 7 atom stereocenters. The van der Waals surface area contributed by atoms with Crippen LogP contribution in [0.4, 0.5) is 5.82 Å². The summed E-state index contributed by atoms with van der Waals surface area (Å²) in [7, 11) is 0. The number of carbonyl (C=O) groups is 2. The quantitative estimate of drug-likeness (QED) is 0.0857. The molecular weight excluding hydrogens is 614 g/mol. The molecule has 13 nitrogen and oxygen atoms in total. The molecule has 6 N–H and O–H groups in total. The molecule has 0 spiro atoms. The standard InChI is InChI=1S/C32H40ClN7O6/c33-32-38-27(24-28(39-32)40(17-37-24)31-26(43)25(42)23(16-41)46-31)36-15-18-5-8-20(9-6-18)29(44)34-11-3-1-2-4-12-35-30(45)22-14-19-7-10-21(22)13-19/h5-10,17,19,21-23,25-26,31,41-43H,1-4,11-16H2,(H,34,44)(H,35,45)(H,36,38,39)/t19-,21+,22?,23+,25+,26+,31+/m0/s1. The average molecular weight is 654 g/mol. The Bertz CT molecular complexity index is 1570. The number of unbranched alkanes of at least 4 members (excludes halogenated alkanes) is 3. The molecule has 246 valence electrons. The first-order valence-electron chi connectivity index (χ1n) is 15.9. The molecule has 14 heteroatoms. The number of nitrogens with zero attached hydrogens (tertiary/aromatic N) is 4. The molecule has 1 saturated heterocycles. The van der Waals surface area contributed by atoms with Gasteiger partial charge in [0.05, 0.1) is 12.9 Å². The van der Waals surface area contributed by atoms with E-state index in [-0.39, 0.29) is 23.0 Å². The highest BCUT2D eigenvalue weighted by Crippen LogP contribution is 2.43. The van der Waals surface area contributed by atoms with E-state index in [2.05, 4.69) is 43.1 Å². The number of imidazole rings is 1. The number of aliphatic hydroxyl groups is 3. The molecule has 2 fully saturated rings. The van der Waals surface area contributed by atoms with Gasteiger partial charge in [-0.1, -0.05) is 37.1 Å². The second-order valence-electron chi connectivity index (χ2n) is 12.3. The van der Waals surface area contributed by atoms with Crippen LogP contribution >= 0.6 is 11.6 Å². The van der Waals surface area contributed by atoms with E-state index in [0.717, 1.165) is 44.1 Å². The van der Waals surface area contributed by atoms with Crippen molar-refractivity contribution in [3.05, 3.63) is 59.2 Å². The Balaban J connectivity index is 0.918. The zero-order valence-electron chi connectivity index (χ0n) is 25.4. The summed E-state index contributed by atoms with van der Waals surface area (Å²) < 4.78 is 7.06. The minimum absolute atomic E-state index is 0.0500. The number of fused-ring (bicyclic) bond motifs is 3. The maximum Gasteiger partial charge on any atom is 0.251 e. The fraction of sp³-hybridized carbons (Fsp3) is 0.531. The zero-order valence-corrected chi connectivity index (χ0v) is 26.1. The average Bonchev–Trinajstić information content (AvgIpc) is 3.86. The van der Waals surface area contributed by atoms with Crippen molar-refractivity contribution in [1.29, 1.82) is 0 Å². The molecule has 3 heterocycles. The van der Waals surface area contributed by atoms with Crippen molar-refractivity contribution < 1.29 is 29.6 Å². The Hall–Kier alpha value is -3.62. The van der Waals surface area contributed by atoms with Crippen LogP contribution in [0.5, 0.6) is 0 Å². The summed E-state index contributed by atoms with van der Waals surface area (Å²) >= 11 is 6.19. The third-order valence-electron chi connectivity index (χ3n) is 9.17. The number of aliphatic hydroxyl groups excluding tert-OH is 3. The summed E-state index contributed by atoms with van der Waals surface area (Å²) in [5, 5.41) is 39.2. The van der Waals surface area contributed by atoms with E-state index in [9.17, 15) is 24.9 Å². The number of aromatic nitrogens is 4. The maximum absolute atomic E-state index is 12.6. The minimum atomic E-state index is -1.30. The van der Waals surface area contributed by atoms with Crippen LogP contribution in [-0.2, 0) is 16.1 Å². The number of benzene rings is 1. The van der Waals surface area contributed by atoms with E-state index in [1.54, 1.807) is 12.1 Å². The monoisotopic (exact) mass is 653 g/mol. The molecule has 1 saturated carbocycles. The first-order valence-corrected chi connectivity index (χ1v) is 16.3. The summed E-state index contributed by atoms with van der Waals surface area (Å²) in [6.45, 7) is 1.21. The lowest BCUT2D eigenvalue weighted by molar-refractivity contribution is -0.125. The van der Waals surface area contributed by atoms with Crippen LogP contribution in [0.25, 0.3) is 11.2 Å². The highest BCUT2D eigenvalue weighted by atomic mass is 35.5. The number of hydrogen-bond donors (Lipinski definition) is 6. The maximum atomic E-state index is 12.6. The van der Waals surface area contributed by atoms with Crippen molar-refractivity contribution in [2.75, 3.05) is 25.0 Å². The lowest BCUT2D eigenvalue weighted by atomic mass is 9.93. The number of ether oxygens (including phenoxy) is 1. The number of rotatable bonds is 14. The molecule has 1 aromatic carbocycles. The number of amides is 2. The predicted molar refractivity (Wildman–Crippen MR) is 170 cm³/mol. The Labute approximate surface area is 271 Å². The van der Waals surface area contributed by atoms with Crippen LogP contribution in [0, 0.1) is 17.8 Å². The van der Waals surface area contributed by atoms with Crippen LogP contribution in [0.2, 0.25) is 5.28 Å². The van der Waals surface area contributed by atoms with Gasteiger partial charge in [0.15, 0.2) is 23.2 Å². The molecule has 2 aliphatic carbocycles. The Morgan fingerprint density at radius 1 is 0.978 bits per heavy atom. The summed E-state index contributed by atoms with van der Waals surface area (Å²) in [6, 6.07) is 7.22. The van der Waals surface area contributed by atoms with Crippen molar-refractivity contribution >= 4 is 40.4 Å². The predicted octanol–water partition coefficient (Wildman–Crippen LogP) is 2.32. The van der Waals surface area contributed by atoms with Gasteiger partial charge >= 0.3 is 0 Å². The van der Waals surface area contributed by atoms with E-state index in [1.165, 1.54) is 10.9 Å². The van der Waals surface area contributed by atoms with Crippen molar-refractivity contribution in [3.63, 3.8) is 0 Å². The molecular formula is C32H40ClN7O6. The number of halogens is 1. The number of hydrogen-bond acceptors (Lipinski definition) is 10. The fourth-order valence-corrected chi connectivity index (χ4v) is 6.77. The summed E-state index contributed by atoms with van der Waals surface area (Å²) in [6.07, 6.45) is 7.27. The Morgan fingerprint density at radius 3 is 2.41 bits per heavy atom. The van der Waals surface area contributed by atoms with Gasteiger partial charge in [0.1, 0.15) is 18.3 Å². The second kappa shape index (κ2) is 14.4. The molecule has 0 radical (unpaired) electrons. The molecule has 2 bridgehead atoms. The normalized spacial score (nSPS) is 26.6. The molecule has 2 aromatic heterocycles.